The van der Waals surface area contributed by atoms with Crippen molar-refractivity contribution in [3.63, 3.8) is 0 Å². The second kappa shape index (κ2) is 7.01. The molecule has 1 rings (SSSR count). The molecule has 1 aromatic rings. The molecule has 1 atom stereocenters. The minimum absolute atomic E-state index is 0.0640. The molecule has 0 aliphatic heterocycles. The normalized spacial score (nSPS) is 12.0. The van der Waals surface area contributed by atoms with E-state index in [9.17, 15) is 4.79 Å². The van der Waals surface area contributed by atoms with Crippen molar-refractivity contribution in [2.24, 2.45) is 0 Å². The fraction of sp³-hybridized carbons (Fsp3) is 0.500. The fourth-order valence-electron chi connectivity index (χ4n) is 1.61. The minimum Gasteiger partial charge on any atom is -0.393 e. The van der Waals surface area contributed by atoms with Crippen LogP contribution in [-0.4, -0.2) is 37.8 Å². The van der Waals surface area contributed by atoms with Crippen molar-refractivity contribution in [3.05, 3.63) is 29.8 Å². The highest BCUT2D eigenvalue weighted by Crippen LogP contribution is 2.12. The average molecular weight is 250 g/mol. The van der Waals surface area contributed by atoms with Crippen molar-refractivity contribution in [1.82, 2.24) is 5.32 Å². The average Bonchev–Trinajstić information content (AvgIpc) is 2.34. The second-order valence-corrected chi connectivity index (χ2v) is 4.69. The molecule has 0 fully saturated rings. The lowest BCUT2D eigenvalue weighted by molar-refractivity contribution is 0.0949. The van der Waals surface area contributed by atoms with Crippen molar-refractivity contribution in [2.75, 3.05) is 25.5 Å². The van der Waals surface area contributed by atoms with Gasteiger partial charge >= 0.3 is 0 Å². The lowest BCUT2D eigenvalue weighted by Gasteiger charge is -2.12. The first-order valence-electron chi connectivity index (χ1n) is 6.24. The van der Waals surface area contributed by atoms with Crippen LogP contribution in [0.3, 0.4) is 0 Å². The monoisotopic (exact) mass is 250 g/mol. The Labute approximate surface area is 109 Å². The maximum atomic E-state index is 11.8. The van der Waals surface area contributed by atoms with Crippen LogP contribution in [0.15, 0.2) is 24.3 Å². The van der Waals surface area contributed by atoms with Gasteiger partial charge in [-0.05, 0) is 44.0 Å². The summed E-state index contributed by atoms with van der Waals surface area (Å²) in [5.41, 5.74) is 1.73. The van der Waals surface area contributed by atoms with E-state index < -0.39 is 0 Å². The quantitative estimate of drug-likeness (QED) is 0.755. The molecule has 0 aliphatic rings. The van der Waals surface area contributed by atoms with Crippen LogP contribution in [0.2, 0.25) is 0 Å². The van der Waals surface area contributed by atoms with Crippen LogP contribution in [0, 0.1) is 0 Å². The smallest absolute Gasteiger partial charge is 0.251 e. The first-order chi connectivity index (χ1) is 8.50. The van der Waals surface area contributed by atoms with Crippen LogP contribution in [0.5, 0.6) is 0 Å². The first-order valence-corrected chi connectivity index (χ1v) is 6.24. The molecule has 0 radical (unpaired) electrons. The van der Waals surface area contributed by atoms with Crippen molar-refractivity contribution < 1.29 is 9.90 Å². The van der Waals surface area contributed by atoms with Gasteiger partial charge in [-0.2, -0.15) is 0 Å². The summed E-state index contributed by atoms with van der Waals surface area (Å²) in [6, 6.07) is 7.48. The largest absolute Gasteiger partial charge is 0.393 e. The third-order valence-corrected chi connectivity index (χ3v) is 2.73. The SMILES string of the molecule is CC(O)CCCNC(=O)c1ccc(N(C)C)cc1. The number of carbonyl (C=O) groups excluding carboxylic acids is 1. The van der Waals surface area contributed by atoms with E-state index in [2.05, 4.69) is 5.32 Å². The number of amides is 1. The van der Waals surface area contributed by atoms with Crippen molar-refractivity contribution >= 4 is 11.6 Å². The molecule has 1 amide bonds. The third-order valence-electron chi connectivity index (χ3n) is 2.73. The van der Waals surface area contributed by atoms with Gasteiger partial charge in [0.15, 0.2) is 0 Å². The third kappa shape index (κ3) is 4.75. The van der Waals surface area contributed by atoms with Crippen molar-refractivity contribution in [1.29, 1.82) is 0 Å². The van der Waals surface area contributed by atoms with Gasteiger partial charge < -0.3 is 15.3 Å². The maximum absolute atomic E-state index is 11.8. The zero-order chi connectivity index (χ0) is 13.5. The summed E-state index contributed by atoms with van der Waals surface area (Å²) in [7, 11) is 3.93. The highest BCUT2D eigenvalue weighted by Gasteiger charge is 2.05. The minimum atomic E-state index is -0.304. The molecule has 4 nitrogen and oxygen atoms in total. The van der Waals surface area contributed by atoms with Crippen LogP contribution in [-0.2, 0) is 0 Å². The predicted molar refractivity (Wildman–Crippen MR) is 74.0 cm³/mol. The summed E-state index contributed by atoms with van der Waals surface area (Å²) < 4.78 is 0. The number of hydrogen-bond donors (Lipinski definition) is 2. The molecule has 0 saturated carbocycles. The number of nitrogens with one attached hydrogen (secondary N) is 1. The number of rotatable bonds is 6. The number of nitrogens with zero attached hydrogens (tertiary/aromatic N) is 1. The molecular weight excluding hydrogens is 228 g/mol. The summed E-state index contributed by atoms with van der Waals surface area (Å²) in [6.45, 7) is 2.35. The van der Waals surface area contributed by atoms with Crippen LogP contribution in [0.1, 0.15) is 30.1 Å². The Morgan fingerprint density at radius 3 is 2.44 bits per heavy atom. The van der Waals surface area contributed by atoms with Gasteiger partial charge in [0.25, 0.3) is 5.91 Å². The van der Waals surface area contributed by atoms with E-state index in [1.807, 2.05) is 43.3 Å². The number of benzene rings is 1. The molecule has 0 heterocycles. The molecular formula is C14H22N2O2. The summed E-state index contributed by atoms with van der Waals surface area (Å²) in [5, 5.41) is 11.9. The Kier molecular flexibility index (Phi) is 5.65. The van der Waals surface area contributed by atoms with E-state index in [1.54, 1.807) is 6.92 Å². The molecule has 0 bridgehead atoms. The molecule has 100 valence electrons. The van der Waals surface area contributed by atoms with E-state index in [0.717, 1.165) is 12.1 Å². The molecule has 18 heavy (non-hydrogen) atoms. The van der Waals surface area contributed by atoms with Gasteiger partial charge in [0.05, 0.1) is 6.10 Å². The van der Waals surface area contributed by atoms with Gasteiger partial charge in [-0.1, -0.05) is 0 Å². The Bertz CT molecular complexity index is 372. The van der Waals surface area contributed by atoms with Gasteiger partial charge in [-0.15, -0.1) is 0 Å². The number of aliphatic hydroxyl groups is 1. The highest BCUT2D eigenvalue weighted by molar-refractivity contribution is 5.94. The Morgan fingerprint density at radius 2 is 1.94 bits per heavy atom. The maximum Gasteiger partial charge on any atom is 0.251 e. The van der Waals surface area contributed by atoms with Gasteiger partial charge in [0, 0.05) is 31.9 Å². The molecule has 4 heteroatoms. The Balaban J connectivity index is 2.42. The van der Waals surface area contributed by atoms with E-state index >= 15 is 0 Å². The predicted octanol–water partition coefficient (Wildman–Crippen LogP) is 1.64. The van der Waals surface area contributed by atoms with Crippen LogP contribution < -0.4 is 10.2 Å². The highest BCUT2D eigenvalue weighted by atomic mass is 16.3. The standard InChI is InChI=1S/C14H22N2O2/c1-11(17)5-4-10-15-14(18)12-6-8-13(9-7-12)16(2)3/h6-9,11,17H,4-5,10H2,1-3H3,(H,15,18). The van der Waals surface area contributed by atoms with Crippen LogP contribution >= 0.6 is 0 Å². The first kappa shape index (κ1) is 14.5. The van der Waals surface area contributed by atoms with E-state index in [1.165, 1.54) is 0 Å². The number of carbonyl (C=O) groups is 1. The van der Waals surface area contributed by atoms with E-state index in [0.29, 0.717) is 18.5 Å². The van der Waals surface area contributed by atoms with Gasteiger partial charge in [0.1, 0.15) is 0 Å². The van der Waals surface area contributed by atoms with Crippen LogP contribution in [0.4, 0.5) is 5.69 Å². The molecule has 0 aromatic heterocycles. The lowest BCUT2D eigenvalue weighted by Crippen LogP contribution is -2.25. The van der Waals surface area contributed by atoms with Gasteiger partial charge in [0.2, 0.25) is 0 Å². The second-order valence-electron chi connectivity index (χ2n) is 4.69. The summed E-state index contributed by atoms with van der Waals surface area (Å²) in [5.74, 6) is -0.0640. The number of anilines is 1. The van der Waals surface area contributed by atoms with Gasteiger partial charge in [-0.25, -0.2) is 0 Å². The molecule has 0 aliphatic carbocycles. The lowest BCUT2D eigenvalue weighted by atomic mass is 10.1. The molecule has 1 aromatic carbocycles. The zero-order valence-corrected chi connectivity index (χ0v) is 11.3. The molecule has 1 unspecified atom stereocenters. The topological polar surface area (TPSA) is 52.6 Å². The molecule has 2 N–H and O–H groups in total. The Morgan fingerprint density at radius 1 is 1.33 bits per heavy atom. The summed E-state index contributed by atoms with van der Waals surface area (Å²) in [6.07, 6.45) is 1.19. The van der Waals surface area contributed by atoms with Crippen molar-refractivity contribution in [3.8, 4) is 0 Å². The zero-order valence-electron chi connectivity index (χ0n) is 11.3. The fourth-order valence-corrected chi connectivity index (χ4v) is 1.61. The summed E-state index contributed by atoms with van der Waals surface area (Å²) in [4.78, 5) is 13.8. The molecule has 0 saturated heterocycles. The van der Waals surface area contributed by atoms with E-state index in [4.69, 9.17) is 5.11 Å². The molecule has 0 spiro atoms. The summed E-state index contributed by atoms with van der Waals surface area (Å²) >= 11 is 0. The van der Waals surface area contributed by atoms with Crippen molar-refractivity contribution in [2.45, 2.75) is 25.9 Å². The van der Waals surface area contributed by atoms with E-state index in [-0.39, 0.29) is 12.0 Å². The van der Waals surface area contributed by atoms with Crippen LogP contribution in [0.25, 0.3) is 0 Å². The van der Waals surface area contributed by atoms with Gasteiger partial charge in [-0.3, -0.25) is 4.79 Å². The number of hydrogen-bond acceptors (Lipinski definition) is 3. The Hall–Kier alpha value is -1.55. The number of aliphatic hydroxyl groups excluding tert-OH is 1.